The third-order valence-electron chi connectivity index (χ3n) is 6.49. The molecule has 1 aliphatic rings. The van der Waals surface area contributed by atoms with Crippen molar-refractivity contribution < 1.29 is 0 Å². The molecular formula is C27H27NSe. The Morgan fingerprint density at radius 1 is 0.862 bits per heavy atom. The molecule has 0 spiro atoms. The summed E-state index contributed by atoms with van der Waals surface area (Å²) >= 11 is 0.348. The Balaban J connectivity index is 1.39. The van der Waals surface area contributed by atoms with Gasteiger partial charge in [-0.2, -0.15) is 0 Å². The van der Waals surface area contributed by atoms with E-state index in [2.05, 4.69) is 85.6 Å². The van der Waals surface area contributed by atoms with Gasteiger partial charge in [0.15, 0.2) is 0 Å². The molecule has 146 valence electrons. The van der Waals surface area contributed by atoms with Gasteiger partial charge in [-0.25, -0.2) is 0 Å². The van der Waals surface area contributed by atoms with Crippen LogP contribution in [0.25, 0.3) is 30.9 Å². The molecule has 4 aromatic rings. The molecule has 29 heavy (non-hydrogen) atoms. The molecule has 0 radical (unpaired) electrons. The summed E-state index contributed by atoms with van der Waals surface area (Å²) in [7, 11) is 0. The Morgan fingerprint density at radius 2 is 1.62 bits per heavy atom. The van der Waals surface area contributed by atoms with Gasteiger partial charge in [0.25, 0.3) is 0 Å². The molecule has 2 heteroatoms. The van der Waals surface area contributed by atoms with Crippen LogP contribution >= 0.6 is 0 Å². The number of rotatable bonds is 3. The van der Waals surface area contributed by atoms with Gasteiger partial charge in [-0.1, -0.05) is 13.8 Å². The van der Waals surface area contributed by atoms with Gasteiger partial charge in [-0.15, -0.1) is 0 Å². The summed E-state index contributed by atoms with van der Waals surface area (Å²) in [6.45, 7) is 4.82. The van der Waals surface area contributed by atoms with Crippen molar-refractivity contribution in [1.29, 1.82) is 0 Å². The van der Waals surface area contributed by atoms with Crippen LogP contribution in [-0.4, -0.2) is 19.5 Å². The zero-order valence-corrected chi connectivity index (χ0v) is 18.9. The molecule has 0 atom stereocenters. The van der Waals surface area contributed by atoms with Crippen molar-refractivity contribution in [2.45, 2.75) is 45.4 Å². The van der Waals surface area contributed by atoms with Gasteiger partial charge in [-0.05, 0) is 0 Å². The van der Waals surface area contributed by atoms with E-state index in [0.717, 1.165) is 11.6 Å². The Labute approximate surface area is 179 Å². The fourth-order valence-electron chi connectivity index (χ4n) is 4.53. The minimum atomic E-state index is 0.348. The molecule has 1 aliphatic carbocycles. The van der Waals surface area contributed by atoms with E-state index in [9.17, 15) is 0 Å². The maximum absolute atomic E-state index is 4.68. The van der Waals surface area contributed by atoms with Crippen molar-refractivity contribution in [3.63, 3.8) is 0 Å². The van der Waals surface area contributed by atoms with Crippen LogP contribution < -0.4 is 0 Å². The van der Waals surface area contributed by atoms with Crippen molar-refractivity contribution in [2.75, 3.05) is 0 Å². The third kappa shape index (κ3) is 3.97. The molecule has 2 heterocycles. The van der Waals surface area contributed by atoms with Crippen LogP contribution in [0.4, 0.5) is 0 Å². The van der Waals surface area contributed by atoms with Gasteiger partial charge in [0.1, 0.15) is 0 Å². The van der Waals surface area contributed by atoms with E-state index in [4.69, 9.17) is 0 Å². The fourth-order valence-corrected chi connectivity index (χ4v) is 6.70. The number of nitrogens with zero attached hydrogens (tertiary/aromatic N) is 1. The second-order valence-corrected chi connectivity index (χ2v) is 11.4. The van der Waals surface area contributed by atoms with Crippen LogP contribution in [0.5, 0.6) is 0 Å². The predicted molar refractivity (Wildman–Crippen MR) is 125 cm³/mol. The molecule has 0 bridgehead atoms. The van der Waals surface area contributed by atoms with E-state index in [1.807, 2.05) is 6.20 Å². The first-order valence-corrected chi connectivity index (χ1v) is 12.3. The standard InChI is InChI=1S/C27H27NSe/c1-27(2)14-11-21(12-15-27)19-7-9-20(10-8-19)22-13-16-28-24(17-22)26-18-23-5-3-4-6-25(23)29-26/h3-10,13,16-18,21H,11-12,14-15H2,1-2H3. The summed E-state index contributed by atoms with van der Waals surface area (Å²) in [6, 6.07) is 24.7. The monoisotopic (exact) mass is 445 g/mol. The van der Waals surface area contributed by atoms with Crippen molar-refractivity contribution in [2.24, 2.45) is 5.41 Å². The number of pyridine rings is 1. The summed E-state index contributed by atoms with van der Waals surface area (Å²) in [4.78, 5) is 4.68. The number of benzene rings is 2. The molecule has 5 rings (SSSR count). The average molecular weight is 444 g/mol. The Hall–Kier alpha value is -2.15. The Kier molecular flexibility index (Phi) is 4.94. The van der Waals surface area contributed by atoms with E-state index in [-0.39, 0.29) is 0 Å². The maximum atomic E-state index is 4.68. The first-order chi connectivity index (χ1) is 14.1. The predicted octanol–water partition coefficient (Wildman–Crippen LogP) is 7.31. The van der Waals surface area contributed by atoms with E-state index in [0.29, 0.717) is 19.9 Å². The van der Waals surface area contributed by atoms with Crippen LogP contribution in [-0.2, 0) is 0 Å². The fraction of sp³-hybridized carbons (Fsp3) is 0.296. The summed E-state index contributed by atoms with van der Waals surface area (Å²) in [5.74, 6) is 0.731. The van der Waals surface area contributed by atoms with E-state index in [1.165, 1.54) is 56.5 Å². The molecule has 0 unspecified atom stereocenters. The van der Waals surface area contributed by atoms with Crippen LogP contribution in [0.2, 0.25) is 0 Å². The number of hydrogen-bond acceptors (Lipinski definition) is 1. The molecule has 2 aromatic carbocycles. The quantitative estimate of drug-likeness (QED) is 0.302. The summed E-state index contributed by atoms with van der Waals surface area (Å²) < 4.78 is 2.84. The van der Waals surface area contributed by atoms with Gasteiger partial charge < -0.3 is 0 Å². The number of hydrogen-bond donors (Lipinski definition) is 0. The first-order valence-electron chi connectivity index (χ1n) is 10.6. The summed E-state index contributed by atoms with van der Waals surface area (Å²) in [5, 5.41) is 1.36. The second-order valence-electron chi connectivity index (χ2n) is 9.14. The van der Waals surface area contributed by atoms with Gasteiger partial charge in [-0.3, -0.25) is 0 Å². The minimum absolute atomic E-state index is 0.348. The molecule has 0 amide bonds. The molecule has 1 fully saturated rings. The Morgan fingerprint density at radius 3 is 2.38 bits per heavy atom. The van der Waals surface area contributed by atoms with Crippen LogP contribution in [0.15, 0.2) is 72.9 Å². The normalized spacial score (nSPS) is 16.9. The van der Waals surface area contributed by atoms with E-state index < -0.39 is 0 Å². The van der Waals surface area contributed by atoms with Crippen molar-refractivity contribution in [3.05, 3.63) is 78.5 Å². The SMILES string of the molecule is CC1(C)CCC(c2ccc(-c3ccnc(-c4cc5ccccc5[se]4)c3)cc2)CC1. The molecule has 0 N–H and O–H groups in total. The number of fused-ring (bicyclic) bond motifs is 1. The zero-order chi connectivity index (χ0) is 19.8. The summed E-state index contributed by atoms with van der Waals surface area (Å²) in [6.07, 6.45) is 7.28. The molecule has 0 saturated heterocycles. The van der Waals surface area contributed by atoms with Crippen LogP contribution in [0.1, 0.15) is 51.0 Å². The average Bonchev–Trinajstić information content (AvgIpc) is 3.18. The molecule has 1 saturated carbocycles. The van der Waals surface area contributed by atoms with Gasteiger partial charge in [0, 0.05) is 0 Å². The molecular weight excluding hydrogens is 417 g/mol. The van der Waals surface area contributed by atoms with Crippen molar-refractivity contribution in [1.82, 2.24) is 4.98 Å². The second kappa shape index (κ2) is 7.59. The zero-order valence-electron chi connectivity index (χ0n) is 17.2. The Bertz CT molecular complexity index is 1090. The number of aromatic nitrogens is 1. The topological polar surface area (TPSA) is 12.9 Å². The van der Waals surface area contributed by atoms with Crippen molar-refractivity contribution in [3.8, 4) is 21.3 Å². The molecule has 0 aliphatic heterocycles. The van der Waals surface area contributed by atoms with Gasteiger partial charge in [0.2, 0.25) is 0 Å². The third-order valence-corrected chi connectivity index (χ3v) is 8.88. The van der Waals surface area contributed by atoms with Crippen LogP contribution in [0.3, 0.4) is 0 Å². The van der Waals surface area contributed by atoms with Crippen molar-refractivity contribution >= 4 is 24.1 Å². The van der Waals surface area contributed by atoms with Gasteiger partial charge >= 0.3 is 166 Å². The first kappa shape index (κ1) is 18.9. The van der Waals surface area contributed by atoms with E-state index >= 15 is 0 Å². The van der Waals surface area contributed by atoms with E-state index in [1.54, 1.807) is 0 Å². The summed E-state index contributed by atoms with van der Waals surface area (Å²) in [5.41, 5.74) is 5.71. The van der Waals surface area contributed by atoms with Crippen LogP contribution in [0, 0.1) is 5.41 Å². The molecule has 2 aromatic heterocycles. The van der Waals surface area contributed by atoms with Gasteiger partial charge in [0.05, 0.1) is 0 Å². The molecule has 1 nitrogen and oxygen atoms in total.